The molecule has 0 bridgehead atoms. The predicted octanol–water partition coefficient (Wildman–Crippen LogP) is 3.38. The van der Waals surface area contributed by atoms with Crippen LogP contribution in [0.5, 0.6) is 0 Å². The van der Waals surface area contributed by atoms with Gasteiger partial charge in [0.2, 0.25) is 0 Å². The molecule has 0 aliphatic heterocycles. The highest BCUT2D eigenvalue weighted by atomic mass is 16.2. The Balaban J connectivity index is 1.63. The highest BCUT2D eigenvalue weighted by molar-refractivity contribution is 6.14. The van der Waals surface area contributed by atoms with E-state index in [1.807, 2.05) is 12.1 Å². The second-order valence-electron chi connectivity index (χ2n) is 6.12. The van der Waals surface area contributed by atoms with E-state index in [9.17, 15) is 9.59 Å². The summed E-state index contributed by atoms with van der Waals surface area (Å²) < 4.78 is 0. The number of carbonyl (C=O) groups excluding carboxylic acids is 2. The Morgan fingerprint density at radius 2 is 1.68 bits per heavy atom. The first-order valence-corrected chi connectivity index (χ1v) is 8.27. The number of anilines is 1. The molecule has 4 rings (SSSR count). The number of benzene rings is 2. The quantitative estimate of drug-likeness (QED) is 0.770. The summed E-state index contributed by atoms with van der Waals surface area (Å²) in [5.41, 5.74) is 2.27. The maximum atomic E-state index is 12.8. The van der Waals surface area contributed by atoms with Crippen LogP contribution in [0.1, 0.15) is 33.6 Å². The number of nitrogens with zero attached hydrogens (tertiary/aromatic N) is 1. The molecular formula is C20H17N3O2. The third kappa shape index (κ3) is 3.21. The standard InChI is InChI=1S/C20H17N3O2/c24-19(15-6-3-9-17-14(15)7-4-12-21-17)23-18-8-2-1-5-16(18)20(25)22-13-10-11-13/h1-9,12-13H,10-11H2,(H,22,25)(H,23,24). The van der Waals surface area contributed by atoms with E-state index in [0.29, 0.717) is 16.8 Å². The Morgan fingerprint density at radius 3 is 2.52 bits per heavy atom. The third-order valence-electron chi connectivity index (χ3n) is 4.22. The molecule has 2 amide bonds. The van der Waals surface area contributed by atoms with Crippen molar-refractivity contribution in [3.05, 3.63) is 71.9 Å². The van der Waals surface area contributed by atoms with Crippen LogP contribution in [0.3, 0.4) is 0 Å². The van der Waals surface area contributed by atoms with Crippen LogP contribution in [-0.2, 0) is 0 Å². The molecule has 1 aliphatic rings. The van der Waals surface area contributed by atoms with Gasteiger partial charge in [0.25, 0.3) is 11.8 Å². The zero-order valence-corrected chi connectivity index (χ0v) is 13.5. The average molecular weight is 331 g/mol. The number of para-hydroxylation sites is 1. The van der Waals surface area contributed by atoms with Gasteiger partial charge in [-0.1, -0.05) is 24.3 Å². The van der Waals surface area contributed by atoms with Crippen LogP contribution in [-0.4, -0.2) is 22.8 Å². The van der Waals surface area contributed by atoms with Gasteiger partial charge in [-0.25, -0.2) is 0 Å². The van der Waals surface area contributed by atoms with Gasteiger partial charge in [0.05, 0.1) is 16.8 Å². The number of carbonyl (C=O) groups is 2. The Labute approximate surface area is 145 Å². The lowest BCUT2D eigenvalue weighted by atomic mass is 10.1. The first kappa shape index (κ1) is 15.3. The molecule has 0 radical (unpaired) electrons. The van der Waals surface area contributed by atoms with Crippen LogP contribution in [0.15, 0.2) is 60.8 Å². The number of aromatic nitrogens is 1. The van der Waals surface area contributed by atoms with Gasteiger partial charge in [0.1, 0.15) is 0 Å². The summed E-state index contributed by atoms with van der Waals surface area (Å²) in [5.74, 6) is -0.414. The van der Waals surface area contributed by atoms with Crippen LogP contribution in [0.25, 0.3) is 10.9 Å². The SMILES string of the molecule is O=C(NC1CC1)c1ccccc1NC(=O)c1cccc2ncccc12. The Hall–Kier alpha value is -3.21. The molecule has 1 aromatic heterocycles. The summed E-state index contributed by atoms with van der Waals surface area (Å²) in [6, 6.07) is 16.4. The number of nitrogens with one attached hydrogen (secondary N) is 2. The zero-order chi connectivity index (χ0) is 17.2. The minimum atomic E-state index is -0.259. The molecule has 2 N–H and O–H groups in total. The number of hydrogen-bond donors (Lipinski definition) is 2. The van der Waals surface area contributed by atoms with Crippen molar-refractivity contribution >= 4 is 28.4 Å². The summed E-state index contributed by atoms with van der Waals surface area (Å²) in [5, 5.41) is 6.60. The van der Waals surface area contributed by atoms with Gasteiger partial charge in [-0.15, -0.1) is 0 Å². The fraction of sp³-hybridized carbons (Fsp3) is 0.150. The van der Waals surface area contributed by atoms with Crippen molar-refractivity contribution in [3.63, 3.8) is 0 Å². The number of hydrogen-bond acceptors (Lipinski definition) is 3. The number of amides is 2. The Kier molecular flexibility index (Phi) is 3.90. The minimum absolute atomic E-state index is 0.155. The maximum Gasteiger partial charge on any atom is 0.256 e. The fourth-order valence-corrected chi connectivity index (χ4v) is 2.77. The lowest BCUT2D eigenvalue weighted by Gasteiger charge is -2.12. The molecule has 1 fully saturated rings. The van der Waals surface area contributed by atoms with Crippen LogP contribution in [0.2, 0.25) is 0 Å². The molecule has 0 spiro atoms. The monoisotopic (exact) mass is 331 g/mol. The van der Waals surface area contributed by atoms with Gasteiger partial charge in [0.15, 0.2) is 0 Å². The molecule has 5 nitrogen and oxygen atoms in total. The number of rotatable bonds is 4. The van der Waals surface area contributed by atoms with Crippen molar-refractivity contribution < 1.29 is 9.59 Å². The molecular weight excluding hydrogens is 314 g/mol. The molecule has 5 heteroatoms. The first-order chi connectivity index (χ1) is 12.2. The van der Waals surface area contributed by atoms with E-state index in [1.165, 1.54) is 0 Å². The molecule has 25 heavy (non-hydrogen) atoms. The number of pyridine rings is 1. The van der Waals surface area contributed by atoms with Crippen molar-refractivity contribution in [1.82, 2.24) is 10.3 Å². The summed E-state index contributed by atoms with van der Waals surface area (Å²) in [7, 11) is 0. The number of fused-ring (bicyclic) bond motifs is 1. The normalized spacial score (nSPS) is 13.4. The van der Waals surface area contributed by atoms with Gasteiger partial charge in [-0.3, -0.25) is 14.6 Å². The summed E-state index contributed by atoms with van der Waals surface area (Å²) in [4.78, 5) is 29.4. The van der Waals surface area contributed by atoms with Crippen LogP contribution in [0, 0.1) is 0 Å². The van der Waals surface area contributed by atoms with Gasteiger partial charge < -0.3 is 10.6 Å². The van der Waals surface area contributed by atoms with Gasteiger partial charge >= 0.3 is 0 Å². The Morgan fingerprint density at radius 1 is 0.880 bits per heavy atom. The van der Waals surface area contributed by atoms with Crippen molar-refractivity contribution in [1.29, 1.82) is 0 Å². The average Bonchev–Trinajstić information content (AvgIpc) is 3.45. The maximum absolute atomic E-state index is 12.8. The second kappa shape index (κ2) is 6.36. The van der Waals surface area contributed by atoms with Crippen LogP contribution < -0.4 is 10.6 Å². The molecule has 124 valence electrons. The molecule has 0 atom stereocenters. The molecule has 2 aromatic carbocycles. The molecule has 1 aliphatic carbocycles. The molecule has 1 heterocycles. The predicted molar refractivity (Wildman–Crippen MR) is 96.6 cm³/mol. The van der Waals surface area contributed by atoms with Gasteiger partial charge in [0, 0.05) is 23.2 Å². The highest BCUT2D eigenvalue weighted by Crippen LogP contribution is 2.23. The van der Waals surface area contributed by atoms with E-state index in [-0.39, 0.29) is 17.9 Å². The largest absolute Gasteiger partial charge is 0.349 e. The smallest absolute Gasteiger partial charge is 0.256 e. The topological polar surface area (TPSA) is 71.1 Å². The third-order valence-corrected chi connectivity index (χ3v) is 4.22. The second-order valence-corrected chi connectivity index (χ2v) is 6.12. The molecule has 1 saturated carbocycles. The van der Waals surface area contributed by atoms with Gasteiger partial charge in [-0.05, 0) is 43.2 Å². The molecule has 0 saturated heterocycles. The van der Waals surface area contributed by atoms with E-state index in [4.69, 9.17) is 0 Å². The van der Waals surface area contributed by atoms with E-state index in [0.717, 1.165) is 23.7 Å². The fourth-order valence-electron chi connectivity index (χ4n) is 2.77. The van der Waals surface area contributed by atoms with Gasteiger partial charge in [-0.2, -0.15) is 0 Å². The summed E-state index contributed by atoms with van der Waals surface area (Å²) >= 11 is 0. The lowest BCUT2D eigenvalue weighted by Crippen LogP contribution is -2.27. The zero-order valence-electron chi connectivity index (χ0n) is 13.5. The molecule has 3 aromatic rings. The summed E-state index contributed by atoms with van der Waals surface area (Å²) in [6.45, 7) is 0. The summed E-state index contributed by atoms with van der Waals surface area (Å²) in [6.07, 6.45) is 3.73. The lowest BCUT2D eigenvalue weighted by molar-refractivity contribution is 0.0952. The van der Waals surface area contributed by atoms with Crippen molar-refractivity contribution in [2.45, 2.75) is 18.9 Å². The highest BCUT2D eigenvalue weighted by Gasteiger charge is 2.25. The first-order valence-electron chi connectivity index (χ1n) is 8.27. The van der Waals surface area contributed by atoms with Crippen LogP contribution >= 0.6 is 0 Å². The van der Waals surface area contributed by atoms with E-state index in [2.05, 4.69) is 15.6 Å². The Bertz CT molecular complexity index is 959. The van der Waals surface area contributed by atoms with Crippen molar-refractivity contribution in [2.24, 2.45) is 0 Å². The van der Waals surface area contributed by atoms with Crippen molar-refractivity contribution in [3.8, 4) is 0 Å². The van der Waals surface area contributed by atoms with E-state index in [1.54, 1.807) is 48.7 Å². The molecule has 0 unspecified atom stereocenters. The van der Waals surface area contributed by atoms with E-state index < -0.39 is 0 Å². The van der Waals surface area contributed by atoms with Crippen molar-refractivity contribution in [2.75, 3.05) is 5.32 Å². The van der Waals surface area contributed by atoms with Crippen LogP contribution in [0.4, 0.5) is 5.69 Å². The minimum Gasteiger partial charge on any atom is -0.349 e. The van der Waals surface area contributed by atoms with E-state index >= 15 is 0 Å².